The van der Waals surface area contributed by atoms with Crippen LogP contribution >= 0.6 is 0 Å². The van der Waals surface area contributed by atoms with E-state index in [1.165, 1.54) is 5.06 Å². The number of hydrogen-bond acceptors (Lipinski definition) is 10. The lowest BCUT2D eigenvalue weighted by Gasteiger charge is -2.37. The van der Waals surface area contributed by atoms with Crippen LogP contribution in [0.2, 0.25) is 0 Å². The van der Waals surface area contributed by atoms with Gasteiger partial charge in [0.2, 0.25) is 0 Å². The monoisotopic (exact) mass is 715 g/mol. The molecule has 278 valence electrons. The minimum absolute atomic E-state index is 0.0593. The Kier molecular flexibility index (Phi) is 13.4. The van der Waals surface area contributed by atoms with Crippen molar-refractivity contribution in [2.75, 3.05) is 52.7 Å². The van der Waals surface area contributed by atoms with E-state index in [1.807, 2.05) is 68.4 Å². The molecule has 6 rings (SSSR count). The Morgan fingerprint density at radius 2 is 1.60 bits per heavy atom. The zero-order valence-corrected chi connectivity index (χ0v) is 29.9. The quantitative estimate of drug-likeness (QED) is 0.104. The first kappa shape index (κ1) is 37.5. The molecule has 2 saturated heterocycles. The molecule has 0 spiro atoms. The van der Waals surface area contributed by atoms with Crippen molar-refractivity contribution in [3.8, 4) is 11.5 Å². The van der Waals surface area contributed by atoms with Crippen molar-refractivity contribution in [1.29, 1.82) is 0 Å². The van der Waals surface area contributed by atoms with Crippen molar-refractivity contribution in [2.45, 2.75) is 63.8 Å². The van der Waals surface area contributed by atoms with E-state index in [-0.39, 0.29) is 18.1 Å². The summed E-state index contributed by atoms with van der Waals surface area (Å²) in [7, 11) is 0. The topological polar surface area (TPSA) is 114 Å². The number of ether oxygens (including phenoxy) is 7. The van der Waals surface area contributed by atoms with Crippen LogP contribution < -0.4 is 9.47 Å². The fourth-order valence-corrected chi connectivity index (χ4v) is 6.49. The van der Waals surface area contributed by atoms with Gasteiger partial charge in [-0.05, 0) is 78.1 Å². The van der Waals surface area contributed by atoms with E-state index in [4.69, 9.17) is 38.0 Å². The fourth-order valence-electron chi connectivity index (χ4n) is 6.49. The van der Waals surface area contributed by atoms with Crippen molar-refractivity contribution in [3.05, 3.63) is 108 Å². The maximum Gasteiger partial charge on any atom is 0.525 e. The molecule has 11 nitrogen and oxygen atoms in total. The fraction of sp³-hybridized carbons (Fsp3) is 0.439. The molecule has 2 fully saturated rings. The molecule has 3 atom stereocenters. The van der Waals surface area contributed by atoms with Crippen LogP contribution in [0.5, 0.6) is 11.5 Å². The van der Waals surface area contributed by atoms with Crippen molar-refractivity contribution >= 4 is 16.9 Å². The SMILES string of the molecule is CC1(C)OCC(COCCOc2ccc3cc(COC4CN(OC(=O)O)CCC4c4ccc(OCCCOCc5ccccc5)cc4)ccc3c2)O1. The molecule has 0 amide bonds. The number of carboxylic acid groups (broad SMARTS) is 1. The van der Waals surface area contributed by atoms with Gasteiger partial charge in [0.25, 0.3) is 0 Å². The van der Waals surface area contributed by atoms with Gasteiger partial charge < -0.3 is 43.1 Å². The van der Waals surface area contributed by atoms with Crippen LogP contribution in [0.4, 0.5) is 4.79 Å². The van der Waals surface area contributed by atoms with E-state index >= 15 is 0 Å². The van der Waals surface area contributed by atoms with Gasteiger partial charge in [0.1, 0.15) is 24.2 Å². The molecule has 2 heterocycles. The van der Waals surface area contributed by atoms with Crippen LogP contribution in [0.15, 0.2) is 91.0 Å². The van der Waals surface area contributed by atoms with Crippen molar-refractivity contribution in [1.82, 2.24) is 5.06 Å². The van der Waals surface area contributed by atoms with Gasteiger partial charge in [-0.2, -0.15) is 0 Å². The van der Waals surface area contributed by atoms with Gasteiger partial charge in [-0.1, -0.05) is 60.7 Å². The number of carbonyl (C=O) groups is 1. The predicted octanol–water partition coefficient (Wildman–Crippen LogP) is 7.36. The number of nitrogens with zero attached hydrogens (tertiary/aromatic N) is 1. The average molecular weight is 716 g/mol. The summed E-state index contributed by atoms with van der Waals surface area (Å²) < 4.78 is 41.2. The number of piperidine rings is 1. The first-order chi connectivity index (χ1) is 25.3. The van der Waals surface area contributed by atoms with Gasteiger partial charge in [0.15, 0.2) is 5.79 Å². The maximum atomic E-state index is 11.3. The molecule has 2 aliphatic rings. The van der Waals surface area contributed by atoms with Crippen molar-refractivity contribution in [3.63, 3.8) is 0 Å². The first-order valence-electron chi connectivity index (χ1n) is 18.0. The minimum atomic E-state index is -1.33. The Hall–Kier alpha value is -4.23. The van der Waals surface area contributed by atoms with Gasteiger partial charge in [0, 0.05) is 18.9 Å². The number of fused-ring (bicyclic) bond motifs is 1. The minimum Gasteiger partial charge on any atom is -0.494 e. The third kappa shape index (κ3) is 11.4. The molecule has 4 aromatic rings. The lowest BCUT2D eigenvalue weighted by molar-refractivity contribution is -0.166. The highest BCUT2D eigenvalue weighted by Gasteiger charge is 2.34. The number of rotatable bonds is 18. The van der Waals surface area contributed by atoms with E-state index in [2.05, 4.69) is 36.4 Å². The Balaban J connectivity index is 0.975. The highest BCUT2D eigenvalue weighted by atomic mass is 16.8. The smallest absolute Gasteiger partial charge is 0.494 e. The molecule has 0 radical (unpaired) electrons. The van der Waals surface area contributed by atoms with Crippen LogP contribution in [-0.4, -0.2) is 87.1 Å². The highest BCUT2D eigenvalue weighted by Crippen LogP contribution is 2.33. The second-order valence-corrected chi connectivity index (χ2v) is 13.5. The zero-order chi connectivity index (χ0) is 36.2. The first-order valence-corrected chi connectivity index (χ1v) is 18.0. The van der Waals surface area contributed by atoms with E-state index < -0.39 is 11.9 Å². The normalized spacial score (nSPS) is 20.2. The number of hydroxylamine groups is 2. The molecule has 1 N–H and O–H groups in total. The number of hydrogen-bond donors (Lipinski definition) is 1. The average Bonchev–Trinajstić information content (AvgIpc) is 3.50. The largest absolute Gasteiger partial charge is 0.525 e. The van der Waals surface area contributed by atoms with E-state index in [9.17, 15) is 9.90 Å². The Bertz CT molecular complexity index is 1700. The predicted molar refractivity (Wildman–Crippen MR) is 194 cm³/mol. The van der Waals surface area contributed by atoms with Crippen LogP contribution in [0.25, 0.3) is 10.8 Å². The molecule has 11 heteroatoms. The van der Waals surface area contributed by atoms with Gasteiger partial charge in [-0.25, -0.2) is 4.79 Å². The summed E-state index contributed by atoms with van der Waals surface area (Å²) in [5.74, 6) is 1.07. The summed E-state index contributed by atoms with van der Waals surface area (Å²) in [6, 6.07) is 30.4. The Labute approximate surface area is 305 Å². The lowest BCUT2D eigenvalue weighted by Crippen LogP contribution is -2.44. The summed E-state index contributed by atoms with van der Waals surface area (Å²) in [5.41, 5.74) is 3.28. The molecule has 3 unspecified atom stereocenters. The molecule has 0 aromatic heterocycles. The van der Waals surface area contributed by atoms with Crippen LogP contribution in [-0.2, 0) is 41.7 Å². The molecular weight excluding hydrogens is 666 g/mol. The van der Waals surface area contributed by atoms with Crippen molar-refractivity contribution in [2.24, 2.45) is 0 Å². The summed E-state index contributed by atoms with van der Waals surface area (Å²) in [6.07, 6.45) is -0.197. The molecule has 0 bridgehead atoms. The molecule has 4 aromatic carbocycles. The second kappa shape index (κ2) is 18.5. The Morgan fingerprint density at radius 3 is 2.38 bits per heavy atom. The van der Waals surface area contributed by atoms with Gasteiger partial charge >= 0.3 is 6.16 Å². The molecule has 0 aliphatic carbocycles. The van der Waals surface area contributed by atoms with Gasteiger partial charge in [-0.15, -0.1) is 5.06 Å². The third-order valence-electron chi connectivity index (χ3n) is 9.06. The van der Waals surface area contributed by atoms with E-state index in [0.717, 1.165) is 45.4 Å². The highest BCUT2D eigenvalue weighted by molar-refractivity contribution is 5.84. The summed E-state index contributed by atoms with van der Waals surface area (Å²) in [4.78, 5) is 16.3. The van der Waals surface area contributed by atoms with Crippen LogP contribution in [0, 0.1) is 0 Å². The van der Waals surface area contributed by atoms with Crippen LogP contribution in [0.1, 0.15) is 49.3 Å². The van der Waals surface area contributed by atoms with E-state index in [0.29, 0.717) is 72.4 Å². The number of benzene rings is 4. The van der Waals surface area contributed by atoms with Crippen LogP contribution in [0.3, 0.4) is 0 Å². The zero-order valence-electron chi connectivity index (χ0n) is 29.9. The van der Waals surface area contributed by atoms with Crippen molar-refractivity contribution < 1.29 is 47.9 Å². The summed E-state index contributed by atoms with van der Waals surface area (Å²) in [5, 5.41) is 12.8. The second-order valence-electron chi connectivity index (χ2n) is 13.5. The van der Waals surface area contributed by atoms with Gasteiger partial charge in [0.05, 0.1) is 58.9 Å². The molecule has 52 heavy (non-hydrogen) atoms. The maximum absolute atomic E-state index is 11.3. The third-order valence-corrected chi connectivity index (χ3v) is 9.06. The van der Waals surface area contributed by atoms with Gasteiger partial charge in [-0.3, -0.25) is 0 Å². The molecule has 2 aliphatic heterocycles. The summed E-state index contributed by atoms with van der Waals surface area (Å²) in [6.45, 7) is 8.64. The molecule has 0 saturated carbocycles. The summed E-state index contributed by atoms with van der Waals surface area (Å²) >= 11 is 0. The molecular formula is C41H49NO10. The lowest BCUT2D eigenvalue weighted by atomic mass is 9.87. The standard InChI is InChI=1S/C41H49NO10/c1-41(2)50-29-37(51-41)28-46-21-22-48-36-16-13-33-23-31(9-10-34(33)24-36)27-49-39-25-42(52-40(43)44)18-17-38(39)32-11-14-35(15-12-32)47-20-6-19-45-26-30-7-4-3-5-8-30/h3-5,7-16,23-24,37-39H,6,17-22,25-29H2,1-2H3,(H,43,44). The van der Waals surface area contributed by atoms with E-state index in [1.54, 1.807) is 0 Å². The Morgan fingerprint density at radius 1 is 0.827 bits per heavy atom.